The summed E-state index contributed by atoms with van der Waals surface area (Å²) in [5.41, 5.74) is 0. The predicted octanol–water partition coefficient (Wildman–Crippen LogP) is 3.41. The van der Waals surface area contributed by atoms with Crippen molar-refractivity contribution in [3.63, 3.8) is 0 Å². The normalized spacial score (nSPS) is 10.4. The molecule has 0 saturated heterocycles. The molecule has 0 amide bonds. The van der Waals surface area contributed by atoms with Gasteiger partial charge in [0.2, 0.25) is 0 Å². The fourth-order valence-electron chi connectivity index (χ4n) is 1.21. The number of hydrogen-bond donors (Lipinski definition) is 1. The van der Waals surface area contributed by atoms with Gasteiger partial charge in [-0.1, -0.05) is 24.3 Å². The first-order valence-electron chi connectivity index (χ1n) is 5.34. The highest BCUT2D eigenvalue weighted by Gasteiger charge is 1.86. The standard InChI is InChI=1S/C13H18N2/c1-2-3-4-5-6-8-11-14-13-10-7-9-12-15-13/h2,6-10,12H,1,3-5,11H2,(H,14,15). The van der Waals surface area contributed by atoms with E-state index >= 15 is 0 Å². The molecule has 0 radical (unpaired) electrons. The van der Waals surface area contributed by atoms with Gasteiger partial charge in [-0.15, -0.1) is 6.58 Å². The molecule has 0 saturated carbocycles. The molecule has 0 aliphatic carbocycles. The average Bonchev–Trinajstić information content (AvgIpc) is 2.29. The summed E-state index contributed by atoms with van der Waals surface area (Å²) in [5.74, 6) is 0.924. The van der Waals surface area contributed by atoms with Gasteiger partial charge in [-0.05, 0) is 31.4 Å². The number of nitrogens with zero attached hydrogens (tertiary/aromatic N) is 1. The van der Waals surface area contributed by atoms with Gasteiger partial charge in [0.05, 0.1) is 0 Å². The molecule has 0 fully saturated rings. The van der Waals surface area contributed by atoms with Crippen LogP contribution in [0.5, 0.6) is 0 Å². The van der Waals surface area contributed by atoms with E-state index in [4.69, 9.17) is 0 Å². The van der Waals surface area contributed by atoms with E-state index in [9.17, 15) is 0 Å². The van der Waals surface area contributed by atoms with Crippen LogP contribution in [0.1, 0.15) is 19.3 Å². The van der Waals surface area contributed by atoms with Crippen molar-refractivity contribution in [3.05, 3.63) is 49.2 Å². The van der Waals surface area contributed by atoms with Gasteiger partial charge in [0, 0.05) is 12.7 Å². The molecule has 0 aliphatic rings. The Labute approximate surface area is 91.7 Å². The number of pyridine rings is 1. The number of unbranched alkanes of at least 4 members (excludes halogenated alkanes) is 2. The number of nitrogens with one attached hydrogen (secondary N) is 1. The number of aromatic nitrogens is 1. The van der Waals surface area contributed by atoms with Crippen LogP contribution in [0.4, 0.5) is 5.82 Å². The first-order valence-corrected chi connectivity index (χ1v) is 5.34. The predicted molar refractivity (Wildman–Crippen MR) is 65.9 cm³/mol. The third-order valence-corrected chi connectivity index (χ3v) is 2.01. The summed E-state index contributed by atoms with van der Waals surface area (Å²) in [6, 6.07) is 5.85. The van der Waals surface area contributed by atoms with Gasteiger partial charge in [-0.25, -0.2) is 4.98 Å². The van der Waals surface area contributed by atoms with Crippen molar-refractivity contribution >= 4 is 5.82 Å². The van der Waals surface area contributed by atoms with E-state index in [0.717, 1.165) is 25.2 Å². The minimum absolute atomic E-state index is 0.838. The molecule has 1 heterocycles. The second-order valence-electron chi connectivity index (χ2n) is 3.29. The number of rotatable bonds is 7. The summed E-state index contributed by atoms with van der Waals surface area (Å²) in [4.78, 5) is 4.17. The smallest absolute Gasteiger partial charge is 0.126 e. The van der Waals surface area contributed by atoms with E-state index in [-0.39, 0.29) is 0 Å². The summed E-state index contributed by atoms with van der Waals surface area (Å²) in [5, 5.41) is 3.22. The van der Waals surface area contributed by atoms with E-state index in [1.165, 1.54) is 6.42 Å². The fraction of sp³-hybridized carbons (Fsp3) is 0.308. The van der Waals surface area contributed by atoms with Gasteiger partial charge in [-0.2, -0.15) is 0 Å². The summed E-state index contributed by atoms with van der Waals surface area (Å²) < 4.78 is 0. The largest absolute Gasteiger partial charge is 0.367 e. The van der Waals surface area contributed by atoms with Crippen LogP contribution in [-0.4, -0.2) is 11.5 Å². The van der Waals surface area contributed by atoms with Crippen molar-refractivity contribution in [2.75, 3.05) is 11.9 Å². The highest BCUT2D eigenvalue weighted by atomic mass is 15.0. The van der Waals surface area contributed by atoms with E-state index in [1.54, 1.807) is 6.20 Å². The molecule has 0 spiro atoms. The minimum Gasteiger partial charge on any atom is -0.367 e. The van der Waals surface area contributed by atoms with Crippen molar-refractivity contribution in [3.8, 4) is 0 Å². The highest BCUT2D eigenvalue weighted by molar-refractivity contribution is 5.33. The van der Waals surface area contributed by atoms with Gasteiger partial charge >= 0.3 is 0 Å². The molecule has 1 rings (SSSR count). The Bertz CT molecular complexity index is 291. The Balaban J connectivity index is 2.08. The second-order valence-corrected chi connectivity index (χ2v) is 3.29. The van der Waals surface area contributed by atoms with Gasteiger partial charge in [-0.3, -0.25) is 0 Å². The van der Waals surface area contributed by atoms with Crippen molar-refractivity contribution in [2.24, 2.45) is 0 Å². The SMILES string of the molecule is C=CCCCC=CCNc1ccccn1. The van der Waals surface area contributed by atoms with Crippen molar-refractivity contribution in [2.45, 2.75) is 19.3 Å². The maximum atomic E-state index is 4.17. The molecule has 1 N–H and O–H groups in total. The van der Waals surface area contributed by atoms with Crippen LogP contribution < -0.4 is 5.32 Å². The number of anilines is 1. The van der Waals surface area contributed by atoms with E-state index in [1.807, 2.05) is 24.3 Å². The van der Waals surface area contributed by atoms with Crippen LogP contribution >= 0.6 is 0 Å². The molecule has 15 heavy (non-hydrogen) atoms. The topological polar surface area (TPSA) is 24.9 Å². The summed E-state index contributed by atoms with van der Waals surface area (Å²) >= 11 is 0. The molecular weight excluding hydrogens is 184 g/mol. The van der Waals surface area contributed by atoms with Gasteiger partial charge in [0.15, 0.2) is 0 Å². The fourth-order valence-corrected chi connectivity index (χ4v) is 1.21. The molecule has 0 aliphatic heterocycles. The zero-order valence-electron chi connectivity index (χ0n) is 9.02. The molecule has 1 aromatic rings. The van der Waals surface area contributed by atoms with E-state index < -0.39 is 0 Å². The summed E-state index contributed by atoms with van der Waals surface area (Å²) in [6.07, 6.45) is 11.5. The number of allylic oxidation sites excluding steroid dienone is 2. The van der Waals surface area contributed by atoms with Crippen LogP contribution in [0.15, 0.2) is 49.2 Å². The lowest BCUT2D eigenvalue weighted by molar-refractivity contribution is 0.868. The molecule has 80 valence electrons. The third kappa shape index (κ3) is 5.68. The maximum absolute atomic E-state index is 4.17. The lowest BCUT2D eigenvalue weighted by Gasteiger charge is -2.00. The monoisotopic (exact) mass is 202 g/mol. The third-order valence-electron chi connectivity index (χ3n) is 2.01. The lowest BCUT2D eigenvalue weighted by atomic mass is 10.2. The molecule has 0 aromatic carbocycles. The Morgan fingerprint density at radius 1 is 1.27 bits per heavy atom. The van der Waals surface area contributed by atoms with Crippen molar-refractivity contribution < 1.29 is 0 Å². The molecular formula is C13H18N2. The Morgan fingerprint density at radius 3 is 2.93 bits per heavy atom. The zero-order valence-corrected chi connectivity index (χ0v) is 9.02. The first-order chi connectivity index (χ1) is 7.43. The Kier molecular flexibility index (Phi) is 5.98. The molecule has 2 heteroatoms. The van der Waals surface area contributed by atoms with E-state index in [0.29, 0.717) is 0 Å². The molecule has 2 nitrogen and oxygen atoms in total. The van der Waals surface area contributed by atoms with Crippen LogP contribution in [0.2, 0.25) is 0 Å². The quantitative estimate of drug-likeness (QED) is 0.541. The maximum Gasteiger partial charge on any atom is 0.126 e. The van der Waals surface area contributed by atoms with Crippen molar-refractivity contribution in [1.29, 1.82) is 0 Å². The van der Waals surface area contributed by atoms with Crippen LogP contribution in [-0.2, 0) is 0 Å². The minimum atomic E-state index is 0.838. The summed E-state index contributed by atoms with van der Waals surface area (Å²) in [6.45, 7) is 4.53. The van der Waals surface area contributed by atoms with Crippen LogP contribution in [0, 0.1) is 0 Å². The Morgan fingerprint density at radius 2 is 2.20 bits per heavy atom. The number of hydrogen-bond acceptors (Lipinski definition) is 2. The van der Waals surface area contributed by atoms with E-state index in [2.05, 4.69) is 29.0 Å². The molecule has 0 unspecified atom stereocenters. The Hall–Kier alpha value is -1.57. The second kappa shape index (κ2) is 7.80. The molecule has 0 bridgehead atoms. The van der Waals surface area contributed by atoms with Gasteiger partial charge < -0.3 is 5.32 Å². The highest BCUT2D eigenvalue weighted by Crippen LogP contribution is 2.00. The van der Waals surface area contributed by atoms with Crippen LogP contribution in [0.25, 0.3) is 0 Å². The summed E-state index contributed by atoms with van der Waals surface area (Å²) in [7, 11) is 0. The van der Waals surface area contributed by atoms with Crippen molar-refractivity contribution in [1.82, 2.24) is 4.98 Å². The molecule has 0 atom stereocenters. The van der Waals surface area contributed by atoms with Crippen LogP contribution in [0.3, 0.4) is 0 Å². The van der Waals surface area contributed by atoms with Gasteiger partial charge in [0.1, 0.15) is 5.82 Å². The molecule has 1 aromatic heterocycles. The van der Waals surface area contributed by atoms with Gasteiger partial charge in [0.25, 0.3) is 0 Å². The lowest BCUT2D eigenvalue weighted by Crippen LogP contribution is -1.99. The zero-order chi connectivity index (χ0) is 10.8. The average molecular weight is 202 g/mol. The first kappa shape index (κ1) is 11.5.